The van der Waals surface area contributed by atoms with Gasteiger partial charge in [0.2, 0.25) is 0 Å². The molecule has 2 N–H and O–H groups in total. The molecule has 0 saturated carbocycles. The highest BCUT2D eigenvalue weighted by molar-refractivity contribution is 6.31. The Morgan fingerprint density at radius 3 is 2.62 bits per heavy atom. The van der Waals surface area contributed by atoms with Gasteiger partial charge in [-0.25, -0.2) is 0 Å². The van der Waals surface area contributed by atoms with Crippen LogP contribution in [0.2, 0.25) is 5.02 Å². The molecule has 1 aromatic rings. The molecule has 88 valence electrons. The fourth-order valence-corrected chi connectivity index (χ4v) is 2.68. The van der Waals surface area contributed by atoms with Gasteiger partial charge < -0.3 is 10.6 Å². The van der Waals surface area contributed by atoms with Crippen molar-refractivity contribution in [2.45, 2.75) is 38.8 Å². The van der Waals surface area contributed by atoms with Gasteiger partial charge in [-0.2, -0.15) is 0 Å². The van der Waals surface area contributed by atoms with Gasteiger partial charge >= 0.3 is 0 Å². The standard InChI is InChI=1S/C13H19ClN2/c1-9-4-5-11(6-12(9)14)16-8-10(15)7-13(16,2)3/h4-6,10H,7-8,15H2,1-3H3. The maximum Gasteiger partial charge on any atom is 0.0455 e. The van der Waals surface area contributed by atoms with Crippen LogP contribution in [0.4, 0.5) is 5.69 Å². The molecule has 0 aromatic heterocycles. The minimum absolute atomic E-state index is 0.123. The summed E-state index contributed by atoms with van der Waals surface area (Å²) in [5, 5.41) is 0.828. The molecule has 1 atom stereocenters. The van der Waals surface area contributed by atoms with E-state index in [1.807, 2.05) is 13.0 Å². The van der Waals surface area contributed by atoms with E-state index in [1.165, 1.54) is 5.69 Å². The Balaban J connectivity index is 2.34. The second-order valence-corrected chi connectivity index (χ2v) is 5.73. The van der Waals surface area contributed by atoms with Gasteiger partial charge in [-0.05, 0) is 44.9 Å². The molecule has 2 nitrogen and oxygen atoms in total. The van der Waals surface area contributed by atoms with Crippen molar-refractivity contribution in [3.8, 4) is 0 Å². The van der Waals surface area contributed by atoms with E-state index in [1.54, 1.807) is 0 Å². The lowest BCUT2D eigenvalue weighted by molar-refractivity contribution is 0.506. The monoisotopic (exact) mass is 238 g/mol. The summed E-state index contributed by atoms with van der Waals surface area (Å²) in [7, 11) is 0. The number of rotatable bonds is 1. The first-order valence-corrected chi connectivity index (χ1v) is 6.07. The summed E-state index contributed by atoms with van der Waals surface area (Å²) < 4.78 is 0. The second kappa shape index (κ2) is 3.94. The van der Waals surface area contributed by atoms with Crippen molar-refractivity contribution in [1.29, 1.82) is 0 Å². The number of aryl methyl sites for hydroxylation is 1. The van der Waals surface area contributed by atoms with Crippen LogP contribution in [0.1, 0.15) is 25.8 Å². The molecule has 0 aliphatic carbocycles. The summed E-state index contributed by atoms with van der Waals surface area (Å²) in [5.74, 6) is 0. The van der Waals surface area contributed by atoms with E-state index in [0.29, 0.717) is 0 Å². The Kier molecular flexibility index (Phi) is 2.89. The van der Waals surface area contributed by atoms with Gasteiger partial charge in [-0.3, -0.25) is 0 Å². The Labute approximate surface area is 102 Å². The maximum absolute atomic E-state index is 6.16. The van der Waals surface area contributed by atoms with E-state index >= 15 is 0 Å². The highest BCUT2D eigenvalue weighted by atomic mass is 35.5. The third kappa shape index (κ3) is 2.04. The van der Waals surface area contributed by atoms with Crippen molar-refractivity contribution in [3.05, 3.63) is 28.8 Å². The molecule has 0 radical (unpaired) electrons. The van der Waals surface area contributed by atoms with Gasteiger partial charge in [-0.1, -0.05) is 17.7 Å². The molecule has 16 heavy (non-hydrogen) atoms. The van der Waals surface area contributed by atoms with Crippen LogP contribution in [0.15, 0.2) is 18.2 Å². The molecule has 0 bridgehead atoms. The van der Waals surface area contributed by atoms with Gasteiger partial charge in [0.25, 0.3) is 0 Å². The maximum atomic E-state index is 6.16. The minimum Gasteiger partial charge on any atom is -0.365 e. The van der Waals surface area contributed by atoms with E-state index in [0.717, 1.165) is 23.6 Å². The zero-order valence-electron chi connectivity index (χ0n) is 10.1. The molecule has 1 heterocycles. The molecule has 3 heteroatoms. The SMILES string of the molecule is Cc1ccc(N2CC(N)CC2(C)C)cc1Cl. The summed E-state index contributed by atoms with van der Waals surface area (Å²) in [5.41, 5.74) is 8.45. The first-order chi connectivity index (χ1) is 7.40. The average molecular weight is 239 g/mol. The van der Waals surface area contributed by atoms with Crippen molar-refractivity contribution in [2.75, 3.05) is 11.4 Å². The van der Waals surface area contributed by atoms with Crippen molar-refractivity contribution >= 4 is 17.3 Å². The fourth-order valence-electron chi connectivity index (χ4n) is 2.50. The summed E-state index contributed by atoms with van der Waals surface area (Å²) in [4.78, 5) is 2.35. The number of halogens is 1. The highest BCUT2D eigenvalue weighted by Crippen LogP contribution is 2.34. The molecule has 1 aliphatic heterocycles. The highest BCUT2D eigenvalue weighted by Gasteiger charge is 2.36. The Morgan fingerprint density at radius 1 is 1.44 bits per heavy atom. The first kappa shape index (κ1) is 11.7. The molecule has 1 saturated heterocycles. The van der Waals surface area contributed by atoms with Gasteiger partial charge in [-0.15, -0.1) is 0 Å². The van der Waals surface area contributed by atoms with Crippen LogP contribution in [0, 0.1) is 6.92 Å². The van der Waals surface area contributed by atoms with E-state index in [2.05, 4.69) is 30.9 Å². The summed E-state index contributed by atoms with van der Waals surface area (Å²) >= 11 is 6.16. The molecular formula is C13H19ClN2. The topological polar surface area (TPSA) is 29.3 Å². The predicted octanol–water partition coefficient (Wildman–Crippen LogP) is 2.96. The lowest BCUT2D eigenvalue weighted by atomic mass is 10.00. The van der Waals surface area contributed by atoms with Gasteiger partial charge in [0, 0.05) is 28.8 Å². The summed E-state index contributed by atoms with van der Waals surface area (Å²) in [6, 6.07) is 6.49. The smallest absolute Gasteiger partial charge is 0.0455 e. The van der Waals surface area contributed by atoms with Crippen molar-refractivity contribution in [3.63, 3.8) is 0 Å². The second-order valence-electron chi connectivity index (χ2n) is 5.32. The third-order valence-corrected chi connectivity index (χ3v) is 3.78. The van der Waals surface area contributed by atoms with Gasteiger partial charge in [0.1, 0.15) is 0 Å². The van der Waals surface area contributed by atoms with Crippen LogP contribution in [-0.2, 0) is 0 Å². The molecular weight excluding hydrogens is 220 g/mol. The molecule has 0 spiro atoms. The Hall–Kier alpha value is -0.730. The number of hydrogen-bond donors (Lipinski definition) is 1. The van der Waals surface area contributed by atoms with Crippen LogP contribution < -0.4 is 10.6 Å². The van der Waals surface area contributed by atoms with Crippen molar-refractivity contribution in [2.24, 2.45) is 5.73 Å². The predicted molar refractivity (Wildman–Crippen MR) is 70.2 cm³/mol. The zero-order valence-corrected chi connectivity index (χ0v) is 10.9. The number of hydrogen-bond acceptors (Lipinski definition) is 2. The average Bonchev–Trinajstić information content (AvgIpc) is 2.44. The van der Waals surface area contributed by atoms with Crippen LogP contribution >= 0.6 is 11.6 Å². The van der Waals surface area contributed by atoms with Crippen LogP contribution in [-0.4, -0.2) is 18.1 Å². The number of anilines is 1. The molecule has 1 aromatic carbocycles. The number of benzene rings is 1. The van der Waals surface area contributed by atoms with Crippen LogP contribution in [0.3, 0.4) is 0 Å². The van der Waals surface area contributed by atoms with E-state index in [4.69, 9.17) is 17.3 Å². The Bertz CT molecular complexity index is 401. The third-order valence-electron chi connectivity index (χ3n) is 3.38. The molecule has 1 fully saturated rings. The van der Waals surface area contributed by atoms with Crippen molar-refractivity contribution in [1.82, 2.24) is 0 Å². The summed E-state index contributed by atoms with van der Waals surface area (Å²) in [6.45, 7) is 7.39. The molecule has 1 unspecified atom stereocenters. The number of nitrogens with two attached hydrogens (primary N) is 1. The molecule has 2 rings (SSSR count). The minimum atomic E-state index is 0.123. The molecule has 0 amide bonds. The Morgan fingerprint density at radius 2 is 2.12 bits per heavy atom. The normalized spacial score (nSPS) is 23.8. The van der Waals surface area contributed by atoms with E-state index < -0.39 is 0 Å². The van der Waals surface area contributed by atoms with Crippen LogP contribution in [0.25, 0.3) is 0 Å². The van der Waals surface area contributed by atoms with E-state index in [-0.39, 0.29) is 11.6 Å². The first-order valence-electron chi connectivity index (χ1n) is 5.69. The molecule has 1 aliphatic rings. The largest absolute Gasteiger partial charge is 0.365 e. The van der Waals surface area contributed by atoms with Crippen molar-refractivity contribution < 1.29 is 0 Å². The zero-order chi connectivity index (χ0) is 11.9. The lowest BCUT2D eigenvalue weighted by Crippen LogP contribution is -2.38. The van der Waals surface area contributed by atoms with Gasteiger partial charge in [0.05, 0.1) is 0 Å². The fraction of sp³-hybridized carbons (Fsp3) is 0.538. The lowest BCUT2D eigenvalue weighted by Gasteiger charge is -2.33. The van der Waals surface area contributed by atoms with Gasteiger partial charge in [0.15, 0.2) is 0 Å². The quantitative estimate of drug-likeness (QED) is 0.815. The number of nitrogens with zero attached hydrogens (tertiary/aromatic N) is 1. The summed E-state index contributed by atoms with van der Waals surface area (Å²) in [6.07, 6.45) is 1.03. The van der Waals surface area contributed by atoms with E-state index in [9.17, 15) is 0 Å². The van der Waals surface area contributed by atoms with Crippen LogP contribution in [0.5, 0.6) is 0 Å².